The number of hydrogen-bond acceptors (Lipinski definition) is 7. The van der Waals surface area contributed by atoms with Gasteiger partial charge in [-0.3, -0.25) is 9.59 Å². The van der Waals surface area contributed by atoms with Gasteiger partial charge in [0.25, 0.3) is 0 Å². The Morgan fingerprint density at radius 2 is 1.79 bits per heavy atom. The molecule has 0 fully saturated rings. The molecule has 0 aromatic carbocycles. The number of rotatable bonds is 10. The average Bonchev–Trinajstić information content (AvgIpc) is 3.37. The molecule has 33 heavy (non-hydrogen) atoms. The smallest absolute Gasteiger partial charge is 0.355 e. The molecule has 0 saturated heterocycles. The molecule has 1 amide bonds. The molecule has 2 aromatic heterocycles. The number of sulfonamides is 1. The van der Waals surface area contributed by atoms with Crippen LogP contribution in [0.2, 0.25) is 0 Å². The van der Waals surface area contributed by atoms with Crippen LogP contribution in [0.15, 0.2) is 29.3 Å². The molecule has 1 N–H and O–H groups in total. The third-order valence-electron chi connectivity index (χ3n) is 4.91. The van der Waals surface area contributed by atoms with Crippen molar-refractivity contribution in [2.75, 3.05) is 19.7 Å². The zero-order valence-corrected chi connectivity index (χ0v) is 21.4. The van der Waals surface area contributed by atoms with Crippen molar-refractivity contribution in [1.82, 2.24) is 14.2 Å². The van der Waals surface area contributed by atoms with E-state index in [0.29, 0.717) is 24.5 Å². The van der Waals surface area contributed by atoms with E-state index in [0.717, 1.165) is 4.88 Å². The summed E-state index contributed by atoms with van der Waals surface area (Å²) in [7, 11) is -2.18. The number of ketones is 1. The molecule has 2 aromatic rings. The van der Waals surface area contributed by atoms with Crippen LogP contribution in [0.5, 0.6) is 0 Å². The lowest BCUT2D eigenvalue weighted by Crippen LogP contribution is -2.34. The van der Waals surface area contributed by atoms with Crippen molar-refractivity contribution in [2.45, 2.75) is 46.1 Å². The molecular formula is C22H31N3O6S2. The summed E-state index contributed by atoms with van der Waals surface area (Å²) in [6.07, 6.45) is 1.35. The maximum Gasteiger partial charge on any atom is 0.355 e. The van der Waals surface area contributed by atoms with Crippen molar-refractivity contribution in [3.63, 3.8) is 0 Å². The zero-order chi connectivity index (χ0) is 25.0. The molecule has 0 saturated carbocycles. The lowest BCUT2D eigenvalue weighted by Gasteiger charge is -2.17. The third kappa shape index (κ3) is 6.52. The number of amides is 1. The van der Waals surface area contributed by atoms with Gasteiger partial charge in [0.2, 0.25) is 21.7 Å². The molecule has 0 radical (unpaired) electrons. The van der Waals surface area contributed by atoms with Gasteiger partial charge in [-0.05, 0) is 18.2 Å². The molecule has 11 heteroatoms. The quantitative estimate of drug-likeness (QED) is 0.399. The van der Waals surface area contributed by atoms with E-state index in [2.05, 4.69) is 5.32 Å². The predicted molar refractivity (Wildman–Crippen MR) is 126 cm³/mol. The van der Waals surface area contributed by atoms with E-state index in [1.165, 1.54) is 39.5 Å². The predicted octanol–water partition coefficient (Wildman–Crippen LogP) is 2.82. The second kappa shape index (κ2) is 10.6. The molecule has 2 heterocycles. The van der Waals surface area contributed by atoms with Crippen LogP contribution in [0, 0.1) is 5.41 Å². The zero-order valence-electron chi connectivity index (χ0n) is 19.8. The Hall–Kier alpha value is -2.50. The van der Waals surface area contributed by atoms with E-state index < -0.39 is 28.0 Å². The van der Waals surface area contributed by atoms with Crippen molar-refractivity contribution < 1.29 is 27.5 Å². The lowest BCUT2D eigenvalue weighted by atomic mass is 9.96. The second-order valence-electron chi connectivity index (χ2n) is 8.46. The van der Waals surface area contributed by atoms with Crippen molar-refractivity contribution in [2.24, 2.45) is 12.5 Å². The monoisotopic (exact) mass is 497 g/mol. The van der Waals surface area contributed by atoms with Gasteiger partial charge in [-0.2, -0.15) is 4.31 Å². The fourth-order valence-electron chi connectivity index (χ4n) is 2.92. The number of carbonyl (C=O) groups excluding carboxylic acids is 3. The van der Waals surface area contributed by atoms with Crippen molar-refractivity contribution >= 4 is 39.0 Å². The number of Topliss-reactive ketones (excluding diaryl/α,β-unsaturated/α-hetero) is 1. The summed E-state index contributed by atoms with van der Waals surface area (Å²) < 4.78 is 33.1. The highest BCUT2D eigenvalue weighted by molar-refractivity contribution is 7.89. The minimum atomic E-state index is -3.72. The first-order valence-electron chi connectivity index (χ1n) is 10.5. The largest absolute Gasteiger partial charge is 0.453 e. The number of nitrogens with one attached hydrogen (secondary N) is 1. The third-order valence-corrected chi connectivity index (χ3v) is 8.05. The van der Waals surface area contributed by atoms with Crippen LogP contribution < -0.4 is 5.32 Å². The number of hydrogen-bond donors (Lipinski definition) is 1. The van der Waals surface area contributed by atoms with Gasteiger partial charge >= 0.3 is 5.97 Å². The Balaban J connectivity index is 2.00. The Labute approximate surface area is 198 Å². The van der Waals surface area contributed by atoms with Crippen LogP contribution in [0.3, 0.4) is 0 Å². The van der Waals surface area contributed by atoms with E-state index in [1.54, 1.807) is 26.0 Å². The lowest BCUT2D eigenvalue weighted by molar-refractivity contribution is -0.128. The molecule has 0 atom stereocenters. The van der Waals surface area contributed by atoms with E-state index in [9.17, 15) is 22.8 Å². The van der Waals surface area contributed by atoms with Crippen molar-refractivity contribution in [3.8, 4) is 0 Å². The normalized spacial score (nSPS) is 12.1. The Kier molecular flexibility index (Phi) is 8.61. The van der Waals surface area contributed by atoms with Crippen LogP contribution in [0.4, 0.5) is 0 Å². The summed E-state index contributed by atoms with van der Waals surface area (Å²) in [5.74, 6) is -1.27. The number of carbonyl (C=O) groups is 3. The van der Waals surface area contributed by atoms with Crippen LogP contribution in [0.1, 0.15) is 59.7 Å². The van der Waals surface area contributed by atoms with E-state index in [4.69, 9.17) is 4.74 Å². The Morgan fingerprint density at radius 1 is 1.15 bits per heavy atom. The Morgan fingerprint density at radius 3 is 2.36 bits per heavy atom. The van der Waals surface area contributed by atoms with Crippen molar-refractivity contribution in [1.29, 1.82) is 0 Å². The fourth-order valence-corrected chi connectivity index (χ4v) is 5.32. The topological polar surface area (TPSA) is 115 Å². The van der Waals surface area contributed by atoms with Gasteiger partial charge in [0, 0.05) is 36.6 Å². The molecule has 0 bridgehead atoms. The molecule has 9 nitrogen and oxygen atoms in total. The molecular weight excluding hydrogens is 466 g/mol. The fraction of sp³-hybridized carbons (Fsp3) is 0.500. The SMILES string of the molecule is CCN(CC)S(=O)(=O)c1cc(C(=O)OCC(=O)c2ccc(CNC(=O)C(C)(C)C)s2)n(C)c1. The summed E-state index contributed by atoms with van der Waals surface area (Å²) in [6, 6.07) is 4.61. The van der Waals surface area contributed by atoms with Gasteiger partial charge in [-0.15, -0.1) is 11.3 Å². The number of esters is 1. The van der Waals surface area contributed by atoms with Gasteiger partial charge in [0.1, 0.15) is 10.6 Å². The maximum absolute atomic E-state index is 12.7. The first-order valence-corrected chi connectivity index (χ1v) is 12.8. The molecule has 0 aliphatic carbocycles. The van der Waals surface area contributed by atoms with Crippen LogP contribution in [-0.2, 0) is 33.1 Å². The van der Waals surface area contributed by atoms with Gasteiger partial charge in [-0.25, -0.2) is 13.2 Å². The van der Waals surface area contributed by atoms with Crippen molar-refractivity contribution in [3.05, 3.63) is 39.8 Å². The summed E-state index contributed by atoms with van der Waals surface area (Å²) >= 11 is 1.21. The van der Waals surface area contributed by atoms with Crippen LogP contribution >= 0.6 is 11.3 Å². The van der Waals surface area contributed by atoms with Crippen LogP contribution in [-0.4, -0.2) is 54.6 Å². The standard InChI is InChI=1S/C22H31N3O6S2/c1-7-25(8-2)33(29,30)16-11-17(24(6)13-16)20(27)31-14-18(26)19-10-9-15(32-19)12-23-21(28)22(3,4)5/h9-11,13H,7-8,12,14H2,1-6H3,(H,23,28). The van der Waals surface area contributed by atoms with Gasteiger partial charge in [0.15, 0.2) is 6.61 Å². The summed E-state index contributed by atoms with van der Waals surface area (Å²) in [6.45, 7) is 9.36. The highest BCUT2D eigenvalue weighted by atomic mass is 32.2. The first kappa shape index (κ1) is 26.7. The summed E-state index contributed by atoms with van der Waals surface area (Å²) in [5.41, 5.74) is -0.476. The number of ether oxygens (including phenoxy) is 1. The Bertz CT molecular complexity index is 1120. The highest BCUT2D eigenvalue weighted by Crippen LogP contribution is 2.21. The minimum absolute atomic E-state index is 0.00724. The average molecular weight is 498 g/mol. The maximum atomic E-state index is 12.7. The molecule has 0 aliphatic rings. The molecule has 2 rings (SSSR count). The molecule has 0 unspecified atom stereocenters. The number of aromatic nitrogens is 1. The van der Waals surface area contributed by atoms with E-state index in [-0.39, 0.29) is 22.3 Å². The van der Waals surface area contributed by atoms with E-state index >= 15 is 0 Å². The molecule has 182 valence electrons. The summed E-state index contributed by atoms with van der Waals surface area (Å²) in [4.78, 5) is 38.1. The van der Waals surface area contributed by atoms with Gasteiger partial charge in [0.05, 0.1) is 11.4 Å². The summed E-state index contributed by atoms with van der Waals surface area (Å²) in [5, 5.41) is 2.82. The van der Waals surface area contributed by atoms with E-state index in [1.807, 2.05) is 20.8 Å². The number of thiophene rings is 1. The second-order valence-corrected chi connectivity index (χ2v) is 11.6. The minimum Gasteiger partial charge on any atom is -0.453 e. The van der Waals surface area contributed by atoms with Gasteiger partial charge in [-0.1, -0.05) is 34.6 Å². The number of aryl methyl sites for hydroxylation is 1. The first-order chi connectivity index (χ1) is 15.3. The van der Waals surface area contributed by atoms with Gasteiger partial charge < -0.3 is 14.6 Å². The molecule has 0 aliphatic heterocycles. The van der Waals surface area contributed by atoms with Crippen LogP contribution in [0.25, 0.3) is 0 Å². The molecule has 0 spiro atoms. The highest BCUT2D eigenvalue weighted by Gasteiger charge is 2.26. The number of nitrogens with zero attached hydrogens (tertiary/aromatic N) is 2.